The largest absolute Gasteiger partial charge is 0.507 e. The molecule has 0 saturated heterocycles. The number of hydrogen-bond donors (Lipinski definition) is 3. The van der Waals surface area contributed by atoms with E-state index in [-0.39, 0.29) is 24.8 Å². The molecule has 3 aromatic rings. The number of halogens is 1. The van der Waals surface area contributed by atoms with E-state index in [4.69, 9.17) is 0 Å². The molecule has 0 spiro atoms. The number of aromatic nitrogens is 2. The Hall–Kier alpha value is -2.64. The maximum Gasteiger partial charge on any atom is 0.273 e. The van der Waals surface area contributed by atoms with Gasteiger partial charge in [-0.1, -0.05) is 34.1 Å². The molecule has 1 aliphatic rings. The molecule has 0 saturated carbocycles. The Balaban J connectivity index is 1.94. The van der Waals surface area contributed by atoms with Gasteiger partial charge in [-0.25, -0.2) is 0 Å². The van der Waals surface area contributed by atoms with Gasteiger partial charge in [0.05, 0.1) is 12.6 Å². The number of aliphatic hydroxyl groups is 1. The smallest absolute Gasteiger partial charge is 0.273 e. The van der Waals surface area contributed by atoms with Crippen LogP contribution in [-0.2, 0) is 0 Å². The van der Waals surface area contributed by atoms with Crippen LogP contribution in [0.3, 0.4) is 0 Å². The molecule has 1 aromatic heterocycles. The summed E-state index contributed by atoms with van der Waals surface area (Å²) in [7, 11) is 0. The van der Waals surface area contributed by atoms with Crippen LogP contribution in [0.4, 0.5) is 0 Å². The number of nitrogens with zero attached hydrogens (tertiary/aromatic N) is 2. The molecule has 7 heteroatoms. The first-order chi connectivity index (χ1) is 13.4. The van der Waals surface area contributed by atoms with Crippen molar-refractivity contribution in [2.24, 2.45) is 0 Å². The Bertz CT molecular complexity index is 1060. The van der Waals surface area contributed by atoms with E-state index < -0.39 is 6.04 Å². The zero-order valence-corrected chi connectivity index (χ0v) is 17.1. The molecule has 28 heavy (non-hydrogen) atoms. The van der Waals surface area contributed by atoms with Gasteiger partial charge >= 0.3 is 0 Å². The van der Waals surface area contributed by atoms with Crippen LogP contribution in [0.1, 0.15) is 38.8 Å². The minimum Gasteiger partial charge on any atom is -0.507 e. The van der Waals surface area contributed by atoms with E-state index in [1.165, 1.54) is 0 Å². The van der Waals surface area contributed by atoms with Crippen LogP contribution < -0.4 is 0 Å². The Morgan fingerprint density at radius 1 is 1.21 bits per heavy atom. The Kier molecular flexibility index (Phi) is 4.72. The predicted octanol–water partition coefficient (Wildman–Crippen LogP) is 3.70. The molecule has 0 radical (unpaired) electrons. The summed E-state index contributed by atoms with van der Waals surface area (Å²) in [6, 6.07) is 11.1. The lowest BCUT2D eigenvalue weighted by atomic mass is 9.94. The van der Waals surface area contributed by atoms with E-state index in [9.17, 15) is 15.0 Å². The quantitative estimate of drug-likeness (QED) is 0.575. The summed E-state index contributed by atoms with van der Waals surface area (Å²) in [5, 5.41) is 27.4. The second-order valence-corrected chi connectivity index (χ2v) is 7.93. The first-order valence-electron chi connectivity index (χ1n) is 8.98. The van der Waals surface area contributed by atoms with Crippen molar-refractivity contribution in [1.82, 2.24) is 15.1 Å². The average Bonchev–Trinajstić information content (AvgIpc) is 3.19. The number of hydrogen-bond acceptors (Lipinski definition) is 4. The lowest BCUT2D eigenvalue weighted by Gasteiger charge is -2.25. The maximum atomic E-state index is 13.0. The van der Waals surface area contributed by atoms with Crippen molar-refractivity contribution in [3.05, 3.63) is 68.8 Å². The minimum atomic E-state index is -0.392. The molecule has 1 amide bonds. The topological polar surface area (TPSA) is 89.5 Å². The van der Waals surface area contributed by atoms with Crippen LogP contribution in [0.2, 0.25) is 0 Å². The van der Waals surface area contributed by atoms with Gasteiger partial charge in [0.15, 0.2) is 0 Å². The predicted molar refractivity (Wildman–Crippen MR) is 109 cm³/mol. The van der Waals surface area contributed by atoms with Crippen molar-refractivity contribution in [2.75, 3.05) is 13.2 Å². The summed E-state index contributed by atoms with van der Waals surface area (Å²) in [6.07, 6.45) is 0. The maximum absolute atomic E-state index is 13.0. The molecule has 3 N–H and O–H groups in total. The van der Waals surface area contributed by atoms with Crippen LogP contribution in [0.25, 0.3) is 11.3 Å². The highest BCUT2D eigenvalue weighted by Crippen LogP contribution is 2.45. The highest BCUT2D eigenvalue weighted by molar-refractivity contribution is 9.10. The zero-order valence-electron chi connectivity index (χ0n) is 15.5. The summed E-state index contributed by atoms with van der Waals surface area (Å²) in [5.74, 6) is -0.0536. The van der Waals surface area contributed by atoms with Gasteiger partial charge in [0.25, 0.3) is 5.91 Å². The van der Waals surface area contributed by atoms with Crippen LogP contribution in [0.5, 0.6) is 5.75 Å². The van der Waals surface area contributed by atoms with Gasteiger partial charge in [-0.15, -0.1) is 0 Å². The summed E-state index contributed by atoms with van der Waals surface area (Å²) < 4.78 is 0.939. The fourth-order valence-corrected chi connectivity index (χ4v) is 4.14. The number of phenols is 1. The van der Waals surface area contributed by atoms with E-state index >= 15 is 0 Å². The molecular formula is C21H20BrN3O3. The van der Waals surface area contributed by atoms with E-state index in [1.54, 1.807) is 4.90 Å². The van der Waals surface area contributed by atoms with Gasteiger partial charge in [-0.3, -0.25) is 9.89 Å². The fraction of sp³-hybridized carbons (Fsp3) is 0.238. The van der Waals surface area contributed by atoms with Crippen LogP contribution in [-0.4, -0.2) is 44.4 Å². The second kappa shape index (κ2) is 7.07. The molecule has 0 bridgehead atoms. The number of rotatable bonds is 4. The SMILES string of the molecule is Cc1cc(C)c(O)c(-c2n[nH]c3c2[C@H](c2ccc(Br)cc2)N(CCO)C3=O)c1. The second-order valence-electron chi connectivity index (χ2n) is 7.02. The van der Waals surface area contributed by atoms with E-state index in [2.05, 4.69) is 26.1 Å². The number of benzene rings is 2. The molecule has 2 aromatic carbocycles. The van der Waals surface area contributed by atoms with Crippen molar-refractivity contribution in [3.63, 3.8) is 0 Å². The van der Waals surface area contributed by atoms with Crippen molar-refractivity contribution >= 4 is 21.8 Å². The number of aromatic hydroxyl groups is 1. The standard InChI is InChI=1S/C21H20BrN3O3/c1-11-9-12(2)20(27)15(10-11)17-16-18(24-23-17)21(28)25(7-8-26)19(16)13-3-5-14(22)6-4-13/h3-6,9-10,19,26-27H,7-8H2,1-2H3,(H,23,24)/t19-/m0/s1. The monoisotopic (exact) mass is 441 g/mol. The number of nitrogens with one attached hydrogen (secondary N) is 1. The number of aryl methyl sites for hydroxylation is 2. The van der Waals surface area contributed by atoms with Gasteiger partial charge in [0.2, 0.25) is 0 Å². The lowest BCUT2D eigenvalue weighted by molar-refractivity contribution is 0.0706. The van der Waals surface area contributed by atoms with E-state index in [1.807, 2.05) is 50.2 Å². The van der Waals surface area contributed by atoms with Crippen LogP contribution >= 0.6 is 15.9 Å². The Morgan fingerprint density at radius 3 is 2.61 bits per heavy atom. The summed E-state index contributed by atoms with van der Waals surface area (Å²) in [5.41, 5.74) is 4.94. The normalized spacial score (nSPS) is 15.9. The number of H-pyrrole nitrogens is 1. The molecule has 1 aliphatic heterocycles. The molecule has 1 atom stereocenters. The molecule has 4 rings (SSSR count). The van der Waals surface area contributed by atoms with E-state index in [0.29, 0.717) is 17.0 Å². The lowest BCUT2D eigenvalue weighted by Crippen LogP contribution is -2.32. The highest BCUT2D eigenvalue weighted by atomic mass is 79.9. The highest BCUT2D eigenvalue weighted by Gasteiger charge is 2.42. The van der Waals surface area contributed by atoms with Crippen LogP contribution in [0, 0.1) is 13.8 Å². The number of carbonyl (C=O) groups excluding carboxylic acids is 1. The molecule has 0 unspecified atom stereocenters. The molecule has 2 heterocycles. The number of phenolic OH excluding ortho intramolecular Hbond substituents is 1. The van der Waals surface area contributed by atoms with Crippen molar-refractivity contribution in [3.8, 4) is 17.0 Å². The number of carbonyl (C=O) groups is 1. The molecule has 0 aliphatic carbocycles. The van der Waals surface area contributed by atoms with Gasteiger partial charge in [0.1, 0.15) is 17.1 Å². The number of β-amino-alcohol motifs (C(OH)–C–C–N with tert-alkyl or cyclic N) is 1. The number of aromatic amines is 1. The first kappa shape index (κ1) is 18.7. The van der Waals surface area contributed by atoms with Gasteiger partial charge in [-0.05, 0) is 48.7 Å². The zero-order chi connectivity index (χ0) is 20.0. The molecular weight excluding hydrogens is 422 g/mol. The fourth-order valence-electron chi connectivity index (χ4n) is 3.87. The number of amides is 1. The molecule has 0 fully saturated rings. The van der Waals surface area contributed by atoms with Gasteiger partial charge in [0, 0.05) is 22.1 Å². The van der Waals surface area contributed by atoms with Crippen molar-refractivity contribution < 1.29 is 15.0 Å². The third kappa shape index (κ3) is 2.91. The summed E-state index contributed by atoms with van der Waals surface area (Å²) >= 11 is 3.44. The van der Waals surface area contributed by atoms with Gasteiger partial charge < -0.3 is 15.1 Å². The third-order valence-corrected chi connectivity index (χ3v) is 5.62. The number of fused-ring (bicyclic) bond motifs is 1. The van der Waals surface area contributed by atoms with E-state index in [0.717, 1.165) is 26.7 Å². The molecule has 144 valence electrons. The summed E-state index contributed by atoms with van der Waals surface area (Å²) in [6.45, 7) is 3.87. The summed E-state index contributed by atoms with van der Waals surface area (Å²) in [4.78, 5) is 14.6. The molecule has 6 nitrogen and oxygen atoms in total. The first-order valence-corrected chi connectivity index (χ1v) is 9.77. The van der Waals surface area contributed by atoms with Crippen molar-refractivity contribution in [1.29, 1.82) is 0 Å². The Labute approximate surface area is 171 Å². The third-order valence-electron chi connectivity index (χ3n) is 5.09. The Morgan fingerprint density at radius 2 is 1.93 bits per heavy atom. The number of aliphatic hydroxyl groups excluding tert-OH is 1. The average molecular weight is 442 g/mol. The van der Waals surface area contributed by atoms with Crippen molar-refractivity contribution in [2.45, 2.75) is 19.9 Å². The van der Waals surface area contributed by atoms with Crippen LogP contribution in [0.15, 0.2) is 40.9 Å². The van der Waals surface area contributed by atoms with Gasteiger partial charge in [-0.2, -0.15) is 5.10 Å². The minimum absolute atomic E-state index is 0.138.